The van der Waals surface area contributed by atoms with Crippen LogP contribution in [0.2, 0.25) is 0 Å². The van der Waals surface area contributed by atoms with Crippen molar-refractivity contribution in [1.82, 2.24) is 28.8 Å². The molecule has 11 nitrogen and oxygen atoms in total. The number of halogens is 4. The predicted molar refractivity (Wildman–Crippen MR) is 115 cm³/mol. The molecule has 178 valence electrons. The number of alkyl halides is 3. The Morgan fingerprint density at radius 1 is 1.26 bits per heavy atom. The molecule has 4 rings (SSSR count). The summed E-state index contributed by atoms with van der Waals surface area (Å²) in [5.74, 6) is -0.580. The first kappa shape index (κ1) is 23.4. The van der Waals surface area contributed by atoms with E-state index in [4.69, 9.17) is 4.52 Å². The van der Waals surface area contributed by atoms with Gasteiger partial charge in [-0.05, 0) is 35.0 Å². The van der Waals surface area contributed by atoms with Crippen molar-refractivity contribution in [3.8, 4) is 0 Å². The number of pyridine rings is 1. The van der Waals surface area contributed by atoms with E-state index in [1.807, 2.05) is 0 Å². The Hall–Kier alpha value is -3.75. The summed E-state index contributed by atoms with van der Waals surface area (Å²) in [5, 5.41) is 6.05. The van der Waals surface area contributed by atoms with Crippen molar-refractivity contribution >= 4 is 38.8 Å². The smallest absolute Gasteiger partial charge is 0.361 e. The number of fused-ring (bicyclic) bond motifs is 1. The third kappa shape index (κ3) is 4.37. The second kappa shape index (κ2) is 8.55. The summed E-state index contributed by atoms with van der Waals surface area (Å²) in [6, 6.07) is 3.87. The van der Waals surface area contributed by atoms with Crippen LogP contribution in [0.15, 0.2) is 43.1 Å². The summed E-state index contributed by atoms with van der Waals surface area (Å²) < 4.78 is 47.1. The fraction of sp³-hybridized carbons (Fsp3) is 0.263. The average molecular weight is 542 g/mol. The van der Waals surface area contributed by atoms with Crippen LogP contribution in [0.25, 0.3) is 11.2 Å². The minimum absolute atomic E-state index is 0.0384. The topological polar surface area (TPSA) is 130 Å². The van der Waals surface area contributed by atoms with Crippen LogP contribution in [0, 0.1) is 6.92 Å². The van der Waals surface area contributed by atoms with E-state index in [0.29, 0.717) is 11.5 Å². The fourth-order valence-corrected chi connectivity index (χ4v) is 3.73. The highest BCUT2D eigenvalue weighted by molar-refractivity contribution is 9.10. The number of imidazole rings is 1. The average Bonchev–Trinajstić information content (AvgIpc) is 3.36. The van der Waals surface area contributed by atoms with Gasteiger partial charge < -0.3 is 14.4 Å². The summed E-state index contributed by atoms with van der Waals surface area (Å²) in [7, 11) is 1.41. The number of amides is 1. The maximum absolute atomic E-state index is 13.1. The van der Waals surface area contributed by atoms with Crippen LogP contribution < -0.4 is 16.6 Å². The first-order valence-electron chi connectivity index (χ1n) is 9.56. The molecule has 4 aromatic heterocycles. The Bertz CT molecular complexity index is 1530. The normalized spacial score (nSPS) is 11.8. The molecule has 0 unspecified atom stereocenters. The molecule has 0 aliphatic rings. The number of nitrogens with one attached hydrogen (secondary N) is 1. The lowest BCUT2D eigenvalue weighted by molar-refractivity contribution is -0.141. The lowest BCUT2D eigenvalue weighted by atomic mass is 10.3. The number of hydrogen-bond donors (Lipinski definition) is 1. The van der Waals surface area contributed by atoms with Gasteiger partial charge in [-0.15, -0.1) is 0 Å². The Labute approximate surface area is 195 Å². The Balaban J connectivity index is 1.66. The van der Waals surface area contributed by atoms with Gasteiger partial charge >= 0.3 is 11.9 Å². The zero-order chi connectivity index (χ0) is 24.8. The van der Waals surface area contributed by atoms with Gasteiger partial charge in [0.2, 0.25) is 5.91 Å². The van der Waals surface area contributed by atoms with Crippen LogP contribution in [0.1, 0.15) is 17.1 Å². The molecule has 0 fully saturated rings. The number of anilines is 1. The third-order valence-corrected chi connectivity index (χ3v) is 5.43. The number of rotatable bonds is 5. The largest absolute Gasteiger partial charge is 0.434 e. The molecule has 1 amide bonds. The lowest BCUT2D eigenvalue weighted by Crippen LogP contribution is -2.40. The van der Waals surface area contributed by atoms with Gasteiger partial charge in [0.05, 0.1) is 12.9 Å². The molecule has 0 radical (unpaired) electrons. The number of carbonyl (C=O) groups is 1. The first-order chi connectivity index (χ1) is 16.0. The number of aryl methyl sites for hydroxylation is 2. The molecule has 0 saturated carbocycles. The highest BCUT2D eigenvalue weighted by atomic mass is 79.9. The van der Waals surface area contributed by atoms with Crippen LogP contribution in [0.3, 0.4) is 0 Å². The molecular formula is C19H15BrF3N7O4. The van der Waals surface area contributed by atoms with Crippen LogP contribution >= 0.6 is 15.9 Å². The zero-order valence-corrected chi connectivity index (χ0v) is 19.1. The first-order valence-corrected chi connectivity index (χ1v) is 10.4. The summed E-state index contributed by atoms with van der Waals surface area (Å²) in [5.41, 5.74) is -2.22. The van der Waals surface area contributed by atoms with Crippen LogP contribution in [-0.2, 0) is 31.1 Å². The van der Waals surface area contributed by atoms with E-state index >= 15 is 0 Å². The molecule has 0 atom stereocenters. The van der Waals surface area contributed by atoms with Gasteiger partial charge in [-0.25, -0.2) is 14.8 Å². The van der Waals surface area contributed by atoms with Gasteiger partial charge in [0, 0.05) is 17.6 Å². The highest BCUT2D eigenvalue weighted by Crippen LogP contribution is 2.34. The molecule has 4 heterocycles. The number of carbonyl (C=O) groups excluding carboxylic acids is 1. The summed E-state index contributed by atoms with van der Waals surface area (Å²) >= 11 is 2.78. The molecular weight excluding hydrogens is 527 g/mol. The van der Waals surface area contributed by atoms with E-state index in [0.717, 1.165) is 15.2 Å². The van der Waals surface area contributed by atoms with E-state index < -0.39 is 35.6 Å². The zero-order valence-electron chi connectivity index (χ0n) is 17.6. The van der Waals surface area contributed by atoms with Crippen molar-refractivity contribution < 1.29 is 22.5 Å². The molecule has 0 aliphatic heterocycles. The highest BCUT2D eigenvalue weighted by Gasteiger charge is 2.35. The van der Waals surface area contributed by atoms with Crippen molar-refractivity contribution in [3.63, 3.8) is 0 Å². The van der Waals surface area contributed by atoms with Gasteiger partial charge in [0.15, 0.2) is 16.9 Å². The molecule has 0 aromatic carbocycles. The maximum Gasteiger partial charge on any atom is 0.434 e. The second-order valence-corrected chi connectivity index (χ2v) is 8.13. The van der Waals surface area contributed by atoms with Gasteiger partial charge in [0.1, 0.15) is 23.8 Å². The third-order valence-electron chi connectivity index (χ3n) is 4.79. The number of aromatic nitrogens is 6. The van der Waals surface area contributed by atoms with Crippen molar-refractivity contribution in [2.45, 2.75) is 26.2 Å². The minimum Gasteiger partial charge on any atom is -0.361 e. The Kier molecular flexibility index (Phi) is 5.89. The molecule has 0 aliphatic carbocycles. The van der Waals surface area contributed by atoms with Crippen LogP contribution in [-0.4, -0.2) is 34.7 Å². The number of nitrogens with zero attached hydrogens (tertiary/aromatic N) is 6. The van der Waals surface area contributed by atoms with Crippen LogP contribution in [0.5, 0.6) is 0 Å². The van der Waals surface area contributed by atoms with Gasteiger partial charge in [-0.1, -0.05) is 5.16 Å². The molecule has 1 N–H and O–H groups in total. The van der Waals surface area contributed by atoms with E-state index in [-0.39, 0.29) is 28.0 Å². The van der Waals surface area contributed by atoms with Gasteiger partial charge in [-0.3, -0.25) is 18.7 Å². The summed E-state index contributed by atoms with van der Waals surface area (Å²) in [6.07, 6.45) is -3.54. The number of hydrogen-bond acceptors (Lipinski definition) is 7. The van der Waals surface area contributed by atoms with Crippen molar-refractivity contribution in [2.75, 3.05) is 5.32 Å². The van der Waals surface area contributed by atoms with E-state index in [2.05, 4.69) is 36.4 Å². The quantitative estimate of drug-likeness (QED) is 0.409. The summed E-state index contributed by atoms with van der Waals surface area (Å²) in [6.45, 7) is 1.03. The Morgan fingerprint density at radius 2 is 2.00 bits per heavy atom. The lowest BCUT2D eigenvalue weighted by Gasteiger charge is -2.11. The van der Waals surface area contributed by atoms with E-state index in [9.17, 15) is 27.6 Å². The molecule has 4 aromatic rings. The maximum atomic E-state index is 13.1. The second-order valence-electron chi connectivity index (χ2n) is 7.28. The van der Waals surface area contributed by atoms with E-state index in [1.165, 1.54) is 24.0 Å². The van der Waals surface area contributed by atoms with Gasteiger partial charge in [0.25, 0.3) is 5.56 Å². The molecule has 34 heavy (non-hydrogen) atoms. The van der Waals surface area contributed by atoms with Crippen LogP contribution in [0.4, 0.5) is 19.0 Å². The molecule has 0 saturated heterocycles. The molecule has 0 spiro atoms. The minimum atomic E-state index is -4.72. The summed E-state index contributed by atoms with van der Waals surface area (Å²) in [4.78, 5) is 45.7. The fourth-order valence-electron chi connectivity index (χ4n) is 3.28. The standard InChI is InChI=1S/C19H15BrF3N7O4/c1-9-5-10(27-34-9)6-30-17(32)14-16(28(2)18(30)33)24-8-29(14)7-13(31)25-12-4-3-11(20)15(26-12)19(21,22)23/h3-5,8H,6-7H2,1-2H3,(H,25,26,31). The van der Waals surface area contributed by atoms with E-state index in [1.54, 1.807) is 13.0 Å². The van der Waals surface area contributed by atoms with Crippen molar-refractivity contribution in [1.29, 1.82) is 0 Å². The van der Waals surface area contributed by atoms with Crippen molar-refractivity contribution in [2.24, 2.45) is 7.05 Å². The SMILES string of the molecule is Cc1cc(Cn2c(=O)c3c(ncn3CC(=O)Nc3ccc(Br)c(C(F)(F)F)n3)n(C)c2=O)no1. The predicted octanol–water partition coefficient (Wildman–Crippen LogP) is 2.06. The molecule has 15 heteroatoms. The van der Waals surface area contributed by atoms with Gasteiger partial charge in [-0.2, -0.15) is 13.2 Å². The monoisotopic (exact) mass is 541 g/mol. The molecule has 0 bridgehead atoms. The van der Waals surface area contributed by atoms with Crippen molar-refractivity contribution in [3.05, 3.63) is 67.0 Å². The Morgan fingerprint density at radius 3 is 2.65 bits per heavy atom.